The fourth-order valence-corrected chi connectivity index (χ4v) is 2.59. The van der Waals surface area contributed by atoms with E-state index in [9.17, 15) is 0 Å². The lowest BCUT2D eigenvalue weighted by molar-refractivity contribution is 0.281. The minimum atomic E-state index is -0.00289. The molecule has 3 heterocycles. The van der Waals surface area contributed by atoms with Crippen LogP contribution in [0.3, 0.4) is 0 Å². The molecule has 0 atom stereocenters. The number of nitrogens with zero attached hydrogens (tertiary/aromatic N) is 4. The standard InChI is InChI=1S/C12H11N5OS/c1-7-2-8(4-18)3-13-11(7)19-12-9-10(15-5-14-9)16-6-17-12/h2-3,5-6,18H,4H2,1H3,(H,14,15,16,17). The quantitative estimate of drug-likeness (QED) is 0.706. The molecule has 3 rings (SSSR count). The number of aryl methyl sites for hydroxylation is 1. The number of pyridine rings is 1. The lowest BCUT2D eigenvalue weighted by Crippen LogP contribution is -1.92. The highest BCUT2D eigenvalue weighted by molar-refractivity contribution is 7.99. The third kappa shape index (κ3) is 2.29. The molecule has 0 saturated carbocycles. The van der Waals surface area contributed by atoms with Crippen molar-refractivity contribution in [3.05, 3.63) is 36.0 Å². The second-order valence-electron chi connectivity index (χ2n) is 4.01. The van der Waals surface area contributed by atoms with Crippen LogP contribution < -0.4 is 0 Å². The van der Waals surface area contributed by atoms with Crippen molar-refractivity contribution in [3.8, 4) is 0 Å². The van der Waals surface area contributed by atoms with Crippen LogP contribution in [0.1, 0.15) is 11.1 Å². The lowest BCUT2D eigenvalue weighted by Gasteiger charge is -2.05. The van der Waals surface area contributed by atoms with Crippen molar-refractivity contribution in [1.29, 1.82) is 0 Å². The number of rotatable bonds is 3. The first-order valence-electron chi connectivity index (χ1n) is 5.66. The molecule has 0 fully saturated rings. The molecule has 0 radical (unpaired) electrons. The second-order valence-corrected chi connectivity index (χ2v) is 4.98. The maximum atomic E-state index is 9.08. The average molecular weight is 273 g/mol. The van der Waals surface area contributed by atoms with E-state index in [1.165, 1.54) is 18.1 Å². The Morgan fingerprint density at radius 1 is 1.21 bits per heavy atom. The molecule has 0 amide bonds. The number of hydrogen-bond acceptors (Lipinski definition) is 6. The van der Waals surface area contributed by atoms with Gasteiger partial charge >= 0.3 is 0 Å². The minimum absolute atomic E-state index is 0.00289. The number of H-pyrrole nitrogens is 1. The molecule has 6 nitrogen and oxygen atoms in total. The first-order valence-corrected chi connectivity index (χ1v) is 6.48. The van der Waals surface area contributed by atoms with Gasteiger partial charge in [0.15, 0.2) is 5.65 Å². The fraction of sp³-hybridized carbons (Fsp3) is 0.167. The maximum absolute atomic E-state index is 9.08. The molecular weight excluding hydrogens is 262 g/mol. The molecule has 0 bridgehead atoms. The molecule has 3 aromatic heterocycles. The fourth-order valence-electron chi connectivity index (χ4n) is 1.73. The third-order valence-electron chi connectivity index (χ3n) is 2.65. The number of fused-ring (bicyclic) bond motifs is 1. The van der Waals surface area contributed by atoms with Crippen LogP contribution in [0.2, 0.25) is 0 Å². The minimum Gasteiger partial charge on any atom is -0.392 e. The van der Waals surface area contributed by atoms with E-state index >= 15 is 0 Å². The van der Waals surface area contributed by atoms with E-state index in [0.29, 0.717) is 5.65 Å². The monoisotopic (exact) mass is 273 g/mol. The first kappa shape index (κ1) is 12.1. The second kappa shape index (κ2) is 4.94. The largest absolute Gasteiger partial charge is 0.392 e. The average Bonchev–Trinajstić information content (AvgIpc) is 2.90. The molecule has 0 unspecified atom stereocenters. The van der Waals surface area contributed by atoms with Crippen molar-refractivity contribution in [1.82, 2.24) is 24.9 Å². The van der Waals surface area contributed by atoms with Crippen molar-refractivity contribution in [3.63, 3.8) is 0 Å². The van der Waals surface area contributed by atoms with Crippen molar-refractivity contribution in [2.24, 2.45) is 0 Å². The van der Waals surface area contributed by atoms with Crippen LogP contribution in [0.4, 0.5) is 0 Å². The van der Waals surface area contributed by atoms with Crippen LogP contribution in [0, 0.1) is 6.92 Å². The Kier molecular flexibility index (Phi) is 3.14. The molecule has 0 aliphatic rings. The van der Waals surface area contributed by atoms with Crippen LogP contribution in [-0.4, -0.2) is 30.0 Å². The van der Waals surface area contributed by atoms with Crippen LogP contribution in [0.25, 0.3) is 11.2 Å². The van der Waals surface area contributed by atoms with E-state index in [1.54, 1.807) is 12.5 Å². The molecule has 19 heavy (non-hydrogen) atoms. The Morgan fingerprint density at radius 2 is 2.11 bits per heavy atom. The summed E-state index contributed by atoms with van der Waals surface area (Å²) < 4.78 is 0. The van der Waals surface area contributed by atoms with Gasteiger partial charge in [0.25, 0.3) is 0 Å². The molecule has 0 aliphatic carbocycles. The van der Waals surface area contributed by atoms with Crippen LogP contribution in [-0.2, 0) is 6.61 Å². The summed E-state index contributed by atoms with van der Waals surface area (Å²) in [6.07, 6.45) is 4.75. The van der Waals surface area contributed by atoms with Gasteiger partial charge in [-0.15, -0.1) is 0 Å². The van der Waals surface area contributed by atoms with Gasteiger partial charge in [0.2, 0.25) is 0 Å². The van der Waals surface area contributed by atoms with Gasteiger partial charge in [0, 0.05) is 6.20 Å². The molecule has 7 heteroatoms. The van der Waals surface area contributed by atoms with E-state index in [4.69, 9.17) is 5.11 Å². The molecule has 3 aromatic rings. The predicted octanol–water partition coefficient (Wildman–Crippen LogP) is 1.70. The summed E-state index contributed by atoms with van der Waals surface area (Å²) in [5.74, 6) is 0. The Balaban J connectivity index is 1.99. The highest BCUT2D eigenvalue weighted by atomic mass is 32.2. The van der Waals surface area contributed by atoms with E-state index in [0.717, 1.165) is 26.7 Å². The molecule has 2 N–H and O–H groups in total. The summed E-state index contributed by atoms with van der Waals surface area (Å²) in [6.45, 7) is 1.96. The number of nitrogens with one attached hydrogen (secondary N) is 1. The van der Waals surface area contributed by atoms with Crippen molar-refractivity contribution < 1.29 is 5.11 Å². The maximum Gasteiger partial charge on any atom is 0.181 e. The number of imidazole rings is 1. The van der Waals surface area contributed by atoms with Gasteiger partial charge in [-0.25, -0.2) is 19.9 Å². The molecule has 0 aromatic carbocycles. The number of aromatic amines is 1. The normalized spacial score (nSPS) is 11.1. The Bertz CT molecular complexity index is 727. The van der Waals surface area contributed by atoms with Crippen LogP contribution in [0.5, 0.6) is 0 Å². The molecule has 0 aliphatic heterocycles. The predicted molar refractivity (Wildman–Crippen MR) is 70.7 cm³/mol. The number of aliphatic hydroxyl groups excluding tert-OH is 1. The molecule has 0 saturated heterocycles. The van der Waals surface area contributed by atoms with Gasteiger partial charge in [-0.1, -0.05) is 0 Å². The van der Waals surface area contributed by atoms with Gasteiger partial charge in [-0.2, -0.15) is 0 Å². The highest BCUT2D eigenvalue weighted by Gasteiger charge is 2.10. The summed E-state index contributed by atoms with van der Waals surface area (Å²) in [4.78, 5) is 19.8. The van der Waals surface area contributed by atoms with Gasteiger partial charge in [0.05, 0.1) is 12.9 Å². The summed E-state index contributed by atoms with van der Waals surface area (Å²) in [5.41, 5.74) is 3.25. The zero-order valence-electron chi connectivity index (χ0n) is 10.2. The Morgan fingerprint density at radius 3 is 2.89 bits per heavy atom. The number of aromatic nitrogens is 5. The van der Waals surface area contributed by atoms with E-state index in [1.807, 2.05) is 13.0 Å². The highest BCUT2D eigenvalue weighted by Crippen LogP contribution is 2.30. The van der Waals surface area contributed by atoms with Crippen molar-refractivity contribution in [2.45, 2.75) is 23.6 Å². The van der Waals surface area contributed by atoms with E-state index in [-0.39, 0.29) is 6.61 Å². The van der Waals surface area contributed by atoms with E-state index < -0.39 is 0 Å². The SMILES string of the molecule is Cc1cc(CO)cnc1Sc1ncnc2nc[nH]c12. The third-order valence-corrected chi connectivity index (χ3v) is 3.77. The summed E-state index contributed by atoms with van der Waals surface area (Å²) in [5, 5.41) is 10.7. The summed E-state index contributed by atoms with van der Waals surface area (Å²) in [7, 11) is 0. The smallest absolute Gasteiger partial charge is 0.181 e. The van der Waals surface area contributed by atoms with Gasteiger partial charge < -0.3 is 10.1 Å². The van der Waals surface area contributed by atoms with Gasteiger partial charge in [0.1, 0.15) is 21.9 Å². The summed E-state index contributed by atoms with van der Waals surface area (Å²) >= 11 is 1.45. The molecule has 0 spiro atoms. The molecular formula is C12H11N5OS. The zero-order valence-corrected chi connectivity index (χ0v) is 11.0. The van der Waals surface area contributed by atoms with Gasteiger partial charge in [-0.05, 0) is 35.9 Å². The van der Waals surface area contributed by atoms with Crippen molar-refractivity contribution in [2.75, 3.05) is 0 Å². The van der Waals surface area contributed by atoms with Crippen LogP contribution >= 0.6 is 11.8 Å². The molecule has 96 valence electrons. The Labute approximate surface area is 113 Å². The van der Waals surface area contributed by atoms with E-state index in [2.05, 4.69) is 24.9 Å². The number of hydrogen-bond donors (Lipinski definition) is 2. The Hall–Kier alpha value is -1.99. The number of aliphatic hydroxyl groups is 1. The van der Waals surface area contributed by atoms with Crippen LogP contribution in [0.15, 0.2) is 35.0 Å². The summed E-state index contributed by atoms with van der Waals surface area (Å²) in [6, 6.07) is 1.92. The van der Waals surface area contributed by atoms with Crippen molar-refractivity contribution >= 4 is 22.9 Å². The zero-order chi connectivity index (χ0) is 13.2. The topological polar surface area (TPSA) is 87.6 Å². The lowest BCUT2D eigenvalue weighted by atomic mass is 10.2. The first-order chi connectivity index (χ1) is 9.28. The van der Waals surface area contributed by atoms with Gasteiger partial charge in [-0.3, -0.25) is 0 Å².